The molecule has 1 saturated carbocycles. The highest BCUT2D eigenvalue weighted by Crippen LogP contribution is 2.27. The molecule has 0 spiro atoms. The van der Waals surface area contributed by atoms with E-state index in [4.69, 9.17) is 5.73 Å². The first-order chi connectivity index (χ1) is 8.84. The molecule has 2 heteroatoms. The van der Waals surface area contributed by atoms with E-state index in [2.05, 4.69) is 29.6 Å². The lowest BCUT2D eigenvalue weighted by atomic mass is 9.85. The van der Waals surface area contributed by atoms with Crippen LogP contribution in [-0.2, 0) is 0 Å². The lowest BCUT2D eigenvalue weighted by Crippen LogP contribution is -2.29. The van der Waals surface area contributed by atoms with Crippen molar-refractivity contribution in [1.29, 1.82) is 0 Å². The summed E-state index contributed by atoms with van der Waals surface area (Å²) in [6.07, 6.45) is 9.64. The molecule has 1 aromatic rings. The fraction of sp³-hybridized carbons (Fsp3) is 0.625. The molecule has 1 aromatic carbocycles. The number of rotatable bonds is 6. The largest absolute Gasteiger partial charge is 0.383 e. The molecule has 0 saturated heterocycles. The molecule has 0 aliphatic heterocycles. The third-order valence-electron chi connectivity index (χ3n) is 4.01. The Balaban J connectivity index is 1.61. The van der Waals surface area contributed by atoms with Gasteiger partial charge in [0.25, 0.3) is 0 Å². The molecule has 1 aliphatic rings. The number of nitrogens with one attached hydrogen (secondary N) is 1. The van der Waals surface area contributed by atoms with Crippen LogP contribution >= 0.6 is 0 Å². The van der Waals surface area contributed by atoms with Crippen molar-refractivity contribution in [3.05, 3.63) is 30.3 Å². The second-order valence-electron chi connectivity index (χ2n) is 5.59. The quantitative estimate of drug-likeness (QED) is 0.801. The molecule has 0 heterocycles. The van der Waals surface area contributed by atoms with Crippen molar-refractivity contribution in [2.75, 3.05) is 11.9 Å². The minimum Gasteiger partial charge on any atom is -0.383 e. The number of hydrogen-bond donors (Lipinski definition) is 2. The minimum absolute atomic E-state index is 0.284. The molecule has 0 amide bonds. The van der Waals surface area contributed by atoms with Crippen molar-refractivity contribution in [2.45, 2.75) is 51.0 Å². The summed E-state index contributed by atoms with van der Waals surface area (Å²) in [5.41, 5.74) is 7.35. The summed E-state index contributed by atoms with van der Waals surface area (Å²) in [5, 5.41) is 3.41. The number of nitrogens with two attached hydrogens (primary N) is 1. The first-order valence-corrected chi connectivity index (χ1v) is 7.39. The predicted octanol–water partition coefficient (Wildman–Crippen LogP) is 3.79. The van der Waals surface area contributed by atoms with Crippen LogP contribution in [0.2, 0.25) is 0 Å². The molecule has 3 N–H and O–H groups in total. The van der Waals surface area contributed by atoms with Crippen LogP contribution in [0, 0.1) is 5.92 Å². The number of para-hydroxylation sites is 1. The van der Waals surface area contributed by atoms with Crippen molar-refractivity contribution >= 4 is 5.69 Å². The monoisotopic (exact) mass is 246 g/mol. The number of hydrogen-bond acceptors (Lipinski definition) is 2. The summed E-state index contributed by atoms with van der Waals surface area (Å²) < 4.78 is 0. The van der Waals surface area contributed by atoms with Crippen LogP contribution < -0.4 is 11.1 Å². The highest BCUT2D eigenvalue weighted by molar-refractivity contribution is 5.42. The lowest BCUT2D eigenvalue weighted by Gasteiger charge is -2.23. The molecule has 2 rings (SSSR count). The van der Waals surface area contributed by atoms with Gasteiger partial charge in [-0.15, -0.1) is 0 Å². The summed E-state index contributed by atoms with van der Waals surface area (Å²) in [6.45, 7) is 0.886. The molecule has 1 unspecified atom stereocenters. The SMILES string of the molecule is NC(CCC1CCCCC1)CNc1ccccc1. The van der Waals surface area contributed by atoms with Gasteiger partial charge in [0.1, 0.15) is 0 Å². The van der Waals surface area contributed by atoms with Gasteiger partial charge in [0, 0.05) is 18.3 Å². The van der Waals surface area contributed by atoms with E-state index in [0.717, 1.165) is 18.9 Å². The Morgan fingerprint density at radius 2 is 1.83 bits per heavy atom. The molecular formula is C16H26N2. The van der Waals surface area contributed by atoms with Crippen molar-refractivity contribution in [3.8, 4) is 0 Å². The Morgan fingerprint density at radius 3 is 2.56 bits per heavy atom. The molecule has 0 aromatic heterocycles. The van der Waals surface area contributed by atoms with Crippen molar-refractivity contribution in [3.63, 3.8) is 0 Å². The molecule has 1 aliphatic carbocycles. The van der Waals surface area contributed by atoms with Gasteiger partial charge < -0.3 is 11.1 Å². The highest BCUT2D eigenvalue weighted by atomic mass is 14.9. The molecule has 2 nitrogen and oxygen atoms in total. The van der Waals surface area contributed by atoms with Crippen LogP contribution in [-0.4, -0.2) is 12.6 Å². The lowest BCUT2D eigenvalue weighted by molar-refractivity contribution is 0.324. The maximum Gasteiger partial charge on any atom is 0.0340 e. The summed E-state index contributed by atoms with van der Waals surface area (Å²) in [6, 6.07) is 10.6. The normalized spacial score (nSPS) is 18.5. The first kappa shape index (κ1) is 13.4. The van der Waals surface area contributed by atoms with E-state index in [0.29, 0.717) is 0 Å². The fourth-order valence-electron chi connectivity index (χ4n) is 2.83. The van der Waals surface area contributed by atoms with E-state index >= 15 is 0 Å². The third-order valence-corrected chi connectivity index (χ3v) is 4.01. The Bertz CT molecular complexity index is 317. The van der Waals surface area contributed by atoms with Crippen molar-refractivity contribution in [1.82, 2.24) is 0 Å². The predicted molar refractivity (Wildman–Crippen MR) is 78.7 cm³/mol. The Labute approximate surface area is 111 Å². The fourth-order valence-corrected chi connectivity index (χ4v) is 2.83. The topological polar surface area (TPSA) is 38.0 Å². The Hall–Kier alpha value is -1.02. The highest BCUT2D eigenvalue weighted by Gasteiger charge is 2.14. The van der Waals surface area contributed by atoms with E-state index in [9.17, 15) is 0 Å². The molecule has 100 valence electrons. The van der Waals surface area contributed by atoms with Crippen molar-refractivity contribution in [2.24, 2.45) is 11.7 Å². The molecule has 18 heavy (non-hydrogen) atoms. The molecule has 1 fully saturated rings. The number of benzene rings is 1. The summed E-state index contributed by atoms with van der Waals surface area (Å²) in [4.78, 5) is 0. The van der Waals surface area contributed by atoms with Crippen molar-refractivity contribution < 1.29 is 0 Å². The van der Waals surface area contributed by atoms with Gasteiger partial charge in [0.2, 0.25) is 0 Å². The van der Waals surface area contributed by atoms with Crippen LogP contribution in [0.25, 0.3) is 0 Å². The van der Waals surface area contributed by atoms with Crippen LogP contribution in [0.15, 0.2) is 30.3 Å². The van der Waals surface area contributed by atoms with Gasteiger partial charge in [-0.1, -0.05) is 50.3 Å². The Morgan fingerprint density at radius 1 is 1.11 bits per heavy atom. The van der Waals surface area contributed by atoms with Gasteiger partial charge in [0.05, 0.1) is 0 Å². The molecular weight excluding hydrogens is 220 g/mol. The van der Waals surface area contributed by atoms with E-state index in [1.54, 1.807) is 0 Å². The van der Waals surface area contributed by atoms with Crippen LogP contribution in [0.3, 0.4) is 0 Å². The second kappa shape index (κ2) is 7.42. The summed E-state index contributed by atoms with van der Waals surface area (Å²) in [7, 11) is 0. The van der Waals surface area contributed by atoms with Crippen LogP contribution in [0.1, 0.15) is 44.9 Å². The number of anilines is 1. The Kier molecular flexibility index (Phi) is 5.53. The van der Waals surface area contributed by atoms with Gasteiger partial charge in [-0.25, -0.2) is 0 Å². The van der Waals surface area contributed by atoms with Gasteiger partial charge in [-0.05, 0) is 30.9 Å². The average molecular weight is 246 g/mol. The van der Waals surface area contributed by atoms with E-state index in [1.807, 2.05) is 6.07 Å². The standard InChI is InChI=1S/C16H26N2/c17-15(12-11-14-7-3-1-4-8-14)13-18-16-9-5-2-6-10-16/h2,5-6,9-10,14-15,18H,1,3-4,7-8,11-13,17H2. The molecule has 1 atom stereocenters. The zero-order valence-electron chi connectivity index (χ0n) is 11.3. The van der Waals surface area contributed by atoms with Crippen LogP contribution in [0.5, 0.6) is 0 Å². The second-order valence-corrected chi connectivity index (χ2v) is 5.59. The van der Waals surface area contributed by atoms with Gasteiger partial charge in [0.15, 0.2) is 0 Å². The minimum atomic E-state index is 0.284. The first-order valence-electron chi connectivity index (χ1n) is 7.39. The average Bonchev–Trinajstić information content (AvgIpc) is 2.45. The van der Waals surface area contributed by atoms with Gasteiger partial charge >= 0.3 is 0 Å². The van der Waals surface area contributed by atoms with Crippen LogP contribution in [0.4, 0.5) is 5.69 Å². The summed E-state index contributed by atoms with van der Waals surface area (Å²) >= 11 is 0. The van der Waals surface area contributed by atoms with E-state index in [-0.39, 0.29) is 6.04 Å². The third kappa shape index (κ3) is 4.69. The maximum atomic E-state index is 6.18. The smallest absolute Gasteiger partial charge is 0.0340 e. The molecule has 0 radical (unpaired) electrons. The zero-order valence-corrected chi connectivity index (χ0v) is 11.3. The molecule has 0 bridgehead atoms. The van der Waals surface area contributed by atoms with Gasteiger partial charge in [-0.2, -0.15) is 0 Å². The zero-order chi connectivity index (χ0) is 12.6. The van der Waals surface area contributed by atoms with Gasteiger partial charge in [-0.3, -0.25) is 0 Å². The maximum absolute atomic E-state index is 6.18. The van der Waals surface area contributed by atoms with E-state index in [1.165, 1.54) is 44.2 Å². The summed E-state index contributed by atoms with van der Waals surface area (Å²) in [5.74, 6) is 0.946. The van der Waals surface area contributed by atoms with E-state index < -0.39 is 0 Å².